The lowest BCUT2D eigenvalue weighted by Gasteiger charge is -2.32. The summed E-state index contributed by atoms with van der Waals surface area (Å²) in [6.45, 7) is 4.76. The first-order chi connectivity index (χ1) is 11.4. The van der Waals surface area contributed by atoms with E-state index in [4.69, 9.17) is 0 Å². The summed E-state index contributed by atoms with van der Waals surface area (Å²) in [5.41, 5.74) is -0.156. The highest BCUT2D eigenvalue weighted by atomic mass is 19.1. The maximum atomic E-state index is 13.8. The summed E-state index contributed by atoms with van der Waals surface area (Å²) in [5, 5.41) is 2.97. The van der Waals surface area contributed by atoms with Gasteiger partial charge in [-0.3, -0.25) is 9.59 Å². The molecule has 1 saturated heterocycles. The number of carbonyl (C=O) groups excluding carboxylic acids is 2. The summed E-state index contributed by atoms with van der Waals surface area (Å²) in [6.07, 6.45) is 3.29. The molecule has 1 N–H and O–H groups in total. The van der Waals surface area contributed by atoms with Crippen molar-refractivity contribution >= 4 is 11.8 Å². The van der Waals surface area contributed by atoms with Gasteiger partial charge in [-0.15, -0.1) is 0 Å². The average Bonchev–Trinajstić information content (AvgIpc) is 2.54. The number of hydrogen-bond donors (Lipinski definition) is 1. The third-order valence-corrected chi connectivity index (χ3v) is 4.35. The Kier molecular flexibility index (Phi) is 6.29. The summed E-state index contributed by atoms with van der Waals surface area (Å²) >= 11 is 0. The molecule has 24 heavy (non-hydrogen) atoms. The first-order valence-corrected chi connectivity index (χ1v) is 8.47. The van der Waals surface area contributed by atoms with Crippen molar-refractivity contribution in [1.82, 2.24) is 10.2 Å². The predicted octanol–water partition coefficient (Wildman–Crippen LogP) is 3.12. The number of rotatable bonds is 5. The first-order valence-electron chi connectivity index (χ1n) is 8.47. The van der Waals surface area contributed by atoms with Crippen LogP contribution in [0.1, 0.15) is 49.9 Å². The second-order valence-corrected chi connectivity index (χ2v) is 6.41. The zero-order valence-electron chi connectivity index (χ0n) is 14.1. The Morgan fingerprint density at radius 2 is 2.12 bits per heavy atom. The molecule has 0 aliphatic carbocycles. The highest BCUT2D eigenvalue weighted by molar-refractivity contribution is 5.95. The fraction of sp³-hybridized carbons (Fsp3) is 0.556. The minimum Gasteiger partial charge on any atom is -0.353 e. The molecule has 0 saturated carbocycles. The third-order valence-electron chi connectivity index (χ3n) is 4.35. The Labute approximate surface area is 141 Å². The fourth-order valence-electron chi connectivity index (χ4n) is 3.07. The van der Waals surface area contributed by atoms with Crippen LogP contribution in [0.15, 0.2) is 18.2 Å². The fourth-order valence-corrected chi connectivity index (χ4v) is 3.07. The molecule has 132 valence electrons. The van der Waals surface area contributed by atoms with E-state index in [2.05, 4.69) is 12.2 Å². The van der Waals surface area contributed by atoms with E-state index in [1.54, 1.807) is 0 Å². The number of halogens is 2. The predicted molar refractivity (Wildman–Crippen MR) is 87.5 cm³/mol. The second kappa shape index (κ2) is 8.22. The van der Waals surface area contributed by atoms with E-state index in [-0.39, 0.29) is 30.0 Å². The highest BCUT2D eigenvalue weighted by Crippen LogP contribution is 2.20. The van der Waals surface area contributed by atoms with E-state index >= 15 is 0 Å². The van der Waals surface area contributed by atoms with Crippen molar-refractivity contribution in [2.75, 3.05) is 13.1 Å². The summed E-state index contributed by atoms with van der Waals surface area (Å²) < 4.78 is 26.8. The van der Waals surface area contributed by atoms with Crippen LogP contribution in [0.4, 0.5) is 8.78 Å². The smallest absolute Gasteiger partial charge is 0.256 e. The Hall–Kier alpha value is -1.98. The number of piperidine rings is 1. The molecule has 2 rings (SSSR count). The van der Waals surface area contributed by atoms with Gasteiger partial charge in [-0.25, -0.2) is 8.78 Å². The van der Waals surface area contributed by atoms with Gasteiger partial charge >= 0.3 is 0 Å². The molecule has 2 amide bonds. The van der Waals surface area contributed by atoms with Gasteiger partial charge in [0.2, 0.25) is 5.91 Å². The van der Waals surface area contributed by atoms with E-state index in [9.17, 15) is 18.4 Å². The van der Waals surface area contributed by atoms with Crippen LogP contribution in [0, 0.1) is 17.6 Å². The summed E-state index contributed by atoms with van der Waals surface area (Å²) in [4.78, 5) is 26.3. The van der Waals surface area contributed by atoms with Crippen LogP contribution in [0.2, 0.25) is 0 Å². The van der Waals surface area contributed by atoms with Gasteiger partial charge < -0.3 is 10.2 Å². The normalized spacial score (nSPS) is 19.0. The molecular weight excluding hydrogens is 314 g/mol. The topological polar surface area (TPSA) is 49.4 Å². The number of nitrogens with one attached hydrogen (secondary N) is 1. The number of likely N-dealkylation sites (tertiary alicyclic amines) is 1. The molecule has 6 heteroatoms. The largest absolute Gasteiger partial charge is 0.353 e. The molecule has 1 aliphatic heterocycles. The molecule has 1 aromatic rings. The van der Waals surface area contributed by atoms with Gasteiger partial charge in [0.25, 0.3) is 5.91 Å². The van der Waals surface area contributed by atoms with Crippen LogP contribution in [0.5, 0.6) is 0 Å². The molecule has 1 heterocycles. The maximum Gasteiger partial charge on any atom is 0.256 e. The van der Waals surface area contributed by atoms with Crippen molar-refractivity contribution in [1.29, 1.82) is 0 Å². The van der Waals surface area contributed by atoms with Crippen LogP contribution in [0.3, 0.4) is 0 Å². The van der Waals surface area contributed by atoms with Crippen molar-refractivity contribution in [3.63, 3.8) is 0 Å². The Morgan fingerprint density at radius 3 is 2.79 bits per heavy atom. The van der Waals surface area contributed by atoms with Crippen molar-refractivity contribution in [2.24, 2.45) is 5.92 Å². The number of amides is 2. The van der Waals surface area contributed by atoms with Gasteiger partial charge in [-0.05, 0) is 38.3 Å². The number of carbonyl (C=O) groups is 2. The van der Waals surface area contributed by atoms with E-state index in [1.165, 1.54) is 4.90 Å². The highest BCUT2D eigenvalue weighted by Gasteiger charge is 2.30. The molecule has 1 aromatic carbocycles. The van der Waals surface area contributed by atoms with Gasteiger partial charge in [0.05, 0.1) is 11.5 Å². The van der Waals surface area contributed by atoms with Crippen LogP contribution in [-0.4, -0.2) is 35.8 Å². The van der Waals surface area contributed by atoms with Gasteiger partial charge in [0.15, 0.2) is 0 Å². The van der Waals surface area contributed by atoms with Gasteiger partial charge in [0.1, 0.15) is 11.6 Å². The summed E-state index contributed by atoms with van der Waals surface area (Å²) in [7, 11) is 0. The third kappa shape index (κ3) is 4.52. The molecule has 2 atom stereocenters. The Balaban J connectivity index is 2.02. The molecule has 0 bridgehead atoms. The Morgan fingerprint density at radius 1 is 1.38 bits per heavy atom. The van der Waals surface area contributed by atoms with Crippen molar-refractivity contribution in [2.45, 2.75) is 45.6 Å². The summed E-state index contributed by atoms with van der Waals surface area (Å²) in [5.74, 6) is -2.43. The van der Waals surface area contributed by atoms with Crippen molar-refractivity contribution in [3.05, 3.63) is 35.4 Å². The molecule has 0 radical (unpaired) electrons. The van der Waals surface area contributed by atoms with Crippen molar-refractivity contribution in [3.8, 4) is 0 Å². The van der Waals surface area contributed by atoms with E-state index in [0.717, 1.165) is 25.0 Å². The van der Waals surface area contributed by atoms with Crippen molar-refractivity contribution < 1.29 is 18.4 Å². The average molecular weight is 338 g/mol. The summed E-state index contributed by atoms with van der Waals surface area (Å²) in [6, 6.07) is 3.02. The minimum atomic E-state index is -0.872. The zero-order chi connectivity index (χ0) is 17.7. The SMILES string of the molecule is CCCC(C)NC(=O)C1CCCN(C(=O)c2ccc(F)cc2F)C1. The molecule has 4 nitrogen and oxygen atoms in total. The maximum absolute atomic E-state index is 13.8. The number of nitrogens with zero attached hydrogens (tertiary/aromatic N) is 1. The molecule has 0 aromatic heterocycles. The van der Waals surface area contributed by atoms with E-state index in [0.29, 0.717) is 25.5 Å². The lowest BCUT2D eigenvalue weighted by atomic mass is 9.96. The lowest BCUT2D eigenvalue weighted by Crippen LogP contribution is -2.47. The molecule has 1 fully saturated rings. The van der Waals surface area contributed by atoms with Gasteiger partial charge in [-0.2, -0.15) is 0 Å². The molecular formula is C18H24F2N2O2. The first kappa shape index (κ1) is 18.4. The molecule has 0 spiro atoms. The van der Waals surface area contributed by atoms with Crippen LogP contribution in [0.25, 0.3) is 0 Å². The van der Waals surface area contributed by atoms with Crippen LogP contribution in [-0.2, 0) is 4.79 Å². The number of benzene rings is 1. The minimum absolute atomic E-state index is 0.0620. The van der Waals surface area contributed by atoms with Gasteiger partial charge in [0, 0.05) is 25.2 Å². The monoisotopic (exact) mass is 338 g/mol. The standard InChI is InChI=1S/C18H24F2N2O2/c1-3-5-12(2)21-17(23)13-6-4-9-22(11-13)18(24)15-8-7-14(19)10-16(15)20/h7-8,10,12-13H,3-6,9,11H2,1-2H3,(H,21,23). The number of hydrogen-bond acceptors (Lipinski definition) is 2. The van der Waals surface area contributed by atoms with Gasteiger partial charge in [-0.1, -0.05) is 13.3 Å². The van der Waals surface area contributed by atoms with Crippen LogP contribution < -0.4 is 5.32 Å². The zero-order valence-corrected chi connectivity index (χ0v) is 14.1. The van der Waals surface area contributed by atoms with Crippen LogP contribution >= 0.6 is 0 Å². The molecule has 1 aliphatic rings. The quantitative estimate of drug-likeness (QED) is 0.897. The second-order valence-electron chi connectivity index (χ2n) is 6.41. The van der Waals surface area contributed by atoms with E-state index < -0.39 is 17.5 Å². The lowest BCUT2D eigenvalue weighted by molar-refractivity contribution is -0.127. The molecule has 2 unspecified atom stereocenters. The van der Waals surface area contributed by atoms with E-state index in [1.807, 2.05) is 6.92 Å². The Bertz CT molecular complexity index is 607.